The fourth-order valence-electron chi connectivity index (χ4n) is 0.900. The topological polar surface area (TPSA) is 20.2 Å². The van der Waals surface area contributed by atoms with Crippen molar-refractivity contribution in [3.63, 3.8) is 0 Å². The van der Waals surface area contributed by atoms with Crippen LogP contribution < -0.4 is 0 Å². The molecular formula is C8H5ClF4O. The molecule has 1 rings (SSSR count). The summed E-state index contributed by atoms with van der Waals surface area (Å²) in [6.45, 7) is 0. The Balaban J connectivity index is 3.08. The lowest BCUT2D eigenvalue weighted by Gasteiger charge is -2.15. The van der Waals surface area contributed by atoms with Crippen LogP contribution in [-0.2, 0) is 0 Å². The van der Waals surface area contributed by atoms with E-state index in [0.717, 1.165) is 12.1 Å². The highest BCUT2D eigenvalue weighted by molar-refractivity contribution is 6.31. The predicted octanol–water partition coefficient (Wildman–Crippen LogP) is 3.07. The number of hydrogen-bond donors (Lipinski definition) is 1. The van der Waals surface area contributed by atoms with Crippen LogP contribution in [0.15, 0.2) is 18.2 Å². The third kappa shape index (κ3) is 2.36. The molecule has 0 heterocycles. The van der Waals surface area contributed by atoms with Crippen LogP contribution in [0.2, 0.25) is 5.02 Å². The van der Waals surface area contributed by atoms with Gasteiger partial charge in [-0.3, -0.25) is 0 Å². The lowest BCUT2D eigenvalue weighted by atomic mass is 10.1. The molecule has 0 fully saturated rings. The Morgan fingerprint density at radius 2 is 1.86 bits per heavy atom. The van der Waals surface area contributed by atoms with Crippen molar-refractivity contribution in [2.75, 3.05) is 0 Å². The molecule has 1 aromatic rings. The zero-order chi connectivity index (χ0) is 10.9. The van der Waals surface area contributed by atoms with Crippen LogP contribution in [0.5, 0.6) is 0 Å². The number of aliphatic hydroxyl groups is 1. The molecule has 0 amide bonds. The Morgan fingerprint density at radius 3 is 2.29 bits per heavy atom. The van der Waals surface area contributed by atoms with E-state index in [1.807, 2.05) is 0 Å². The predicted molar refractivity (Wildman–Crippen MR) is 42.4 cm³/mol. The van der Waals surface area contributed by atoms with Gasteiger partial charge in [-0.1, -0.05) is 17.7 Å². The Kier molecular flexibility index (Phi) is 3.01. The molecule has 0 aliphatic rings. The average molecular weight is 229 g/mol. The molecule has 0 unspecified atom stereocenters. The number of alkyl halides is 3. The fraction of sp³-hybridized carbons (Fsp3) is 0.250. The molecule has 1 nitrogen and oxygen atoms in total. The molecule has 14 heavy (non-hydrogen) atoms. The van der Waals surface area contributed by atoms with Gasteiger partial charge >= 0.3 is 6.18 Å². The van der Waals surface area contributed by atoms with Crippen molar-refractivity contribution in [3.05, 3.63) is 34.6 Å². The highest BCUT2D eigenvalue weighted by Crippen LogP contribution is 2.35. The van der Waals surface area contributed by atoms with E-state index in [4.69, 9.17) is 16.7 Å². The smallest absolute Gasteiger partial charge is 0.379 e. The van der Waals surface area contributed by atoms with Gasteiger partial charge in [0.25, 0.3) is 0 Å². The summed E-state index contributed by atoms with van der Waals surface area (Å²) in [5, 5.41) is 8.35. The van der Waals surface area contributed by atoms with Gasteiger partial charge in [0, 0.05) is 10.6 Å². The zero-order valence-corrected chi connectivity index (χ0v) is 7.40. The molecule has 1 aromatic carbocycles. The minimum absolute atomic E-state index is 0.449. The lowest BCUT2D eigenvalue weighted by molar-refractivity contribution is -0.206. The fourth-order valence-corrected chi connectivity index (χ4v) is 1.17. The Labute approximate surface area is 81.9 Å². The summed E-state index contributed by atoms with van der Waals surface area (Å²) in [5.74, 6) is -0.756. The molecule has 0 bridgehead atoms. The second kappa shape index (κ2) is 3.74. The van der Waals surface area contributed by atoms with Gasteiger partial charge in [0.1, 0.15) is 5.82 Å². The van der Waals surface area contributed by atoms with E-state index in [1.54, 1.807) is 0 Å². The van der Waals surface area contributed by atoms with Gasteiger partial charge < -0.3 is 5.11 Å². The first-order valence-corrected chi connectivity index (χ1v) is 3.90. The summed E-state index contributed by atoms with van der Waals surface area (Å²) in [6.07, 6.45) is -7.49. The SMILES string of the molecule is O[C@H](c1ccc(F)cc1Cl)C(F)(F)F. The van der Waals surface area contributed by atoms with Gasteiger partial charge in [0.2, 0.25) is 0 Å². The average Bonchev–Trinajstić information content (AvgIpc) is 2.01. The number of rotatable bonds is 1. The molecule has 0 radical (unpaired) electrons. The highest BCUT2D eigenvalue weighted by atomic mass is 35.5. The maximum atomic E-state index is 12.5. The summed E-state index contributed by atoms with van der Waals surface area (Å²) in [5.41, 5.74) is -0.555. The first kappa shape index (κ1) is 11.3. The van der Waals surface area contributed by atoms with Gasteiger partial charge in [-0.25, -0.2) is 4.39 Å². The van der Waals surface area contributed by atoms with Gasteiger partial charge in [0.05, 0.1) is 0 Å². The first-order valence-electron chi connectivity index (χ1n) is 3.52. The molecule has 0 spiro atoms. The minimum atomic E-state index is -4.80. The molecule has 78 valence electrons. The Morgan fingerprint density at radius 1 is 1.29 bits per heavy atom. The van der Waals surface area contributed by atoms with E-state index in [-0.39, 0.29) is 0 Å². The summed E-state index contributed by atoms with van der Waals surface area (Å²) < 4.78 is 48.5. The van der Waals surface area contributed by atoms with Gasteiger partial charge in [-0.2, -0.15) is 13.2 Å². The van der Waals surface area contributed by atoms with Crippen LogP contribution in [0.25, 0.3) is 0 Å². The van der Waals surface area contributed by atoms with Crippen LogP contribution in [0.4, 0.5) is 17.6 Å². The van der Waals surface area contributed by atoms with Crippen molar-refractivity contribution >= 4 is 11.6 Å². The summed E-state index contributed by atoms with van der Waals surface area (Å²) >= 11 is 5.33. The van der Waals surface area contributed by atoms with Crippen LogP contribution in [0.1, 0.15) is 11.7 Å². The largest absolute Gasteiger partial charge is 0.418 e. The van der Waals surface area contributed by atoms with Gasteiger partial charge in [-0.05, 0) is 12.1 Å². The molecule has 0 aliphatic carbocycles. The van der Waals surface area contributed by atoms with Gasteiger partial charge in [-0.15, -0.1) is 0 Å². The quantitative estimate of drug-likeness (QED) is 0.733. The van der Waals surface area contributed by atoms with E-state index in [2.05, 4.69) is 0 Å². The van der Waals surface area contributed by atoms with Crippen molar-refractivity contribution in [3.8, 4) is 0 Å². The monoisotopic (exact) mass is 228 g/mol. The third-order valence-electron chi connectivity index (χ3n) is 1.57. The number of hydrogen-bond acceptors (Lipinski definition) is 1. The molecule has 1 atom stereocenters. The maximum absolute atomic E-state index is 12.5. The van der Waals surface area contributed by atoms with E-state index in [1.165, 1.54) is 0 Å². The zero-order valence-electron chi connectivity index (χ0n) is 6.65. The number of aliphatic hydroxyl groups excluding tert-OH is 1. The summed E-state index contributed by atoms with van der Waals surface area (Å²) in [7, 11) is 0. The van der Waals surface area contributed by atoms with Gasteiger partial charge in [0.15, 0.2) is 6.10 Å². The lowest BCUT2D eigenvalue weighted by Crippen LogP contribution is -2.20. The van der Waals surface area contributed by atoms with Crippen LogP contribution >= 0.6 is 11.6 Å². The molecule has 6 heteroatoms. The molecule has 0 aliphatic heterocycles. The molecular weight excluding hydrogens is 224 g/mol. The van der Waals surface area contributed by atoms with Crippen molar-refractivity contribution in [1.82, 2.24) is 0 Å². The second-order valence-corrected chi connectivity index (χ2v) is 3.02. The summed E-state index contributed by atoms with van der Waals surface area (Å²) in [4.78, 5) is 0. The van der Waals surface area contributed by atoms with E-state index in [9.17, 15) is 17.6 Å². The van der Waals surface area contributed by atoms with Crippen molar-refractivity contribution in [2.24, 2.45) is 0 Å². The van der Waals surface area contributed by atoms with Crippen molar-refractivity contribution in [2.45, 2.75) is 12.3 Å². The standard InChI is InChI=1S/C8H5ClF4O/c9-6-3-4(10)1-2-5(6)7(14)8(11,12)13/h1-3,7,14H/t7-/m1/s1. The molecule has 0 saturated carbocycles. The minimum Gasteiger partial charge on any atom is -0.379 e. The van der Waals surface area contributed by atoms with Crippen molar-refractivity contribution < 1.29 is 22.7 Å². The summed E-state index contributed by atoms with van der Waals surface area (Å²) in [6, 6.07) is 2.32. The van der Waals surface area contributed by atoms with E-state index in [0.29, 0.717) is 6.07 Å². The highest BCUT2D eigenvalue weighted by Gasteiger charge is 2.40. The normalized spacial score (nSPS) is 14.1. The van der Waals surface area contributed by atoms with Crippen LogP contribution in [-0.4, -0.2) is 11.3 Å². The van der Waals surface area contributed by atoms with Crippen molar-refractivity contribution in [1.29, 1.82) is 0 Å². The second-order valence-electron chi connectivity index (χ2n) is 2.61. The third-order valence-corrected chi connectivity index (χ3v) is 1.89. The Hall–Kier alpha value is -0.810. The maximum Gasteiger partial charge on any atom is 0.418 e. The van der Waals surface area contributed by atoms with Crippen LogP contribution in [0, 0.1) is 5.82 Å². The first-order chi connectivity index (χ1) is 6.32. The number of halogens is 5. The van der Waals surface area contributed by atoms with E-state index < -0.39 is 28.7 Å². The molecule has 0 aromatic heterocycles. The Bertz CT molecular complexity index is 337. The molecule has 0 saturated heterocycles. The van der Waals surface area contributed by atoms with Crippen LogP contribution in [0.3, 0.4) is 0 Å². The molecule has 1 N–H and O–H groups in total. The number of benzene rings is 1. The van der Waals surface area contributed by atoms with E-state index >= 15 is 0 Å².